The first-order valence-corrected chi connectivity index (χ1v) is 6.22. The van der Waals surface area contributed by atoms with Gasteiger partial charge < -0.3 is 15.6 Å². The highest BCUT2D eigenvalue weighted by Crippen LogP contribution is 2.25. The molecule has 0 heterocycles. The molecular weight excluding hydrogens is 238 g/mol. The van der Waals surface area contributed by atoms with Crippen LogP contribution in [0, 0.1) is 0 Å². The van der Waals surface area contributed by atoms with Crippen LogP contribution in [0.15, 0.2) is 48.5 Å². The lowest BCUT2D eigenvalue weighted by molar-refractivity contribution is 0.413. The molecule has 3 N–H and O–H groups in total. The van der Waals surface area contributed by atoms with Gasteiger partial charge in [-0.2, -0.15) is 0 Å². The van der Waals surface area contributed by atoms with Gasteiger partial charge in [-0.3, -0.25) is 0 Å². The molecule has 0 saturated carbocycles. The predicted octanol–water partition coefficient (Wildman–Crippen LogP) is 2.82. The molecule has 100 valence electrons. The lowest BCUT2D eigenvalue weighted by Gasteiger charge is -2.25. The summed E-state index contributed by atoms with van der Waals surface area (Å²) in [6, 6.07) is 15.0. The number of hydrogen-bond acceptors (Lipinski definition) is 3. The Hall–Kier alpha value is -2.00. The first kappa shape index (κ1) is 13.4. The van der Waals surface area contributed by atoms with E-state index in [1.54, 1.807) is 19.2 Å². The lowest BCUT2D eigenvalue weighted by atomic mass is 9.86. The van der Waals surface area contributed by atoms with Crippen LogP contribution in [0.4, 0.5) is 0 Å². The third-order valence-corrected chi connectivity index (χ3v) is 3.23. The summed E-state index contributed by atoms with van der Waals surface area (Å²) in [5, 5.41) is 9.49. The molecule has 2 aromatic carbocycles. The summed E-state index contributed by atoms with van der Waals surface area (Å²) in [6.45, 7) is 1.98. The number of nitrogens with two attached hydrogens (primary N) is 1. The second-order valence-electron chi connectivity index (χ2n) is 4.99. The fourth-order valence-corrected chi connectivity index (χ4v) is 2.16. The molecule has 0 aliphatic rings. The number of methoxy groups -OCH3 is 1. The number of hydrogen-bond donors (Lipinski definition) is 2. The summed E-state index contributed by atoms with van der Waals surface area (Å²) in [7, 11) is 1.64. The second-order valence-corrected chi connectivity index (χ2v) is 4.99. The summed E-state index contributed by atoms with van der Waals surface area (Å²) < 4.78 is 5.14. The van der Waals surface area contributed by atoms with Crippen LogP contribution in [0.1, 0.15) is 18.1 Å². The first-order chi connectivity index (χ1) is 9.01. The Morgan fingerprint density at radius 1 is 1.16 bits per heavy atom. The van der Waals surface area contributed by atoms with Crippen LogP contribution < -0.4 is 10.5 Å². The van der Waals surface area contributed by atoms with E-state index in [1.165, 1.54) is 0 Å². The summed E-state index contributed by atoms with van der Waals surface area (Å²) in [4.78, 5) is 0. The number of rotatable bonds is 4. The molecule has 3 heteroatoms. The van der Waals surface area contributed by atoms with Crippen molar-refractivity contribution in [2.75, 3.05) is 7.11 Å². The summed E-state index contributed by atoms with van der Waals surface area (Å²) in [5.74, 6) is 1.08. The minimum absolute atomic E-state index is 0.267. The highest BCUT2D eigenvalue weighted by Gasteiger charge is 2.21. The van der Waals surface area contributed by atoms with Gasteiger partial charge in [0, 0.05) is 5.54 Å². The fourth-order valence-electron chi connectivity index (χ4n) is 2.16. The van der Waals surface area contributed by atoms with E-state index in [9.17, 15) is 5.11 Å². The zero-order valence-corrected chi connectivity index (χ0v) is 11.3. The molecule has 0 radical (unpaired) electrons. The molecular formula is C16H19NO2. The van der Waals surface area contributed by atoms with E-state index >= 15 is 0 Å². The fraction of sp³-hybridized carbons (Fsp3) is 0.250. The van der Waals surface area contributed by atoms with Crippen molar-refractivity contribution < 1.29 is 9.84 Å². The van der Waals surface area contributed by atoms with Gasteiger partial charge in [0.05, 0.1) is 7.11 Å². The van der Waals surface area contributed by atoms with Gasteiger partial charge in [0.1, 0.15) is 11.5 Å². The molecule has 0 fully saturated rings. The highest BCUT2D eigenvalue weighted by molar-refractivity contribution is 5.34. The summed E-state index contributed by atoms with van der Waals surface area (Å²) >= 11 is 0. The van der Waals surface area contributed by atoms with Crippen LogP contribution >= 0.6 is 0 Å². The molecule has 0 amide bonds. The minimum atomic E-state index is -0.486. The summed E-state index contributed by atoms with van der Waals surface area (Å²) in [6.07, 6.45) is 0.660. The van der Waals surface area contributed by atoms with Gasteiger partial charge in [0.2, 0.25) is 0 Å². The van der Waals surface area contributed by atoms with E-state index in [0.29, 0.717) is 6.42 Å². The molecule has 1 unspecified atom stereocenters. The van der Waals surface area contributed by atoms with Crippen molar-refractivity contribution in [3.8, 4) is 11.5 Å². The van der Waals surface area contributed by atoms with Gasteiger partial charge in [-0.05, 0) is 48.7 Å². The Morgan fingerprint density at radius 3 is 2.42 bits per heavy atom. The summed E-state index contributed by atoms with van der Waals surface area (Å²) in [5.41, 5.74) is 7.96. The third-order valence-electron chi connectivity index (χ3n) is 3.23. The lowest BCUT2D eigenvalue weighted by Crippen LogP contribution is -2.35. The van der Waals surface area contributed by atoms with Crippen LogP contribution in [-0.2, 0) is 12.0 Å². The number of ether oxygens (including phenoxy) is 1. The minimum Gasteiger partial charge on any atom is -0.508 e. The van der Waals surface area contributed by atoms with Crippen molar-refractivity contribution >= 4 is 0 Å². The monoisotopic (exact) mass is 257 g/mol. The molecule has 0 bridgehead atoms. The molecule has 2 aromatic rings. The van der Waals surface area contributed by atoms with Crippen molar-refractivity contribution in [2.24, 2.45) is 5.73 Å². The van der Waals surface area contributed by atoms with E-state index < -0.39 is 5.54 Å². The normalized spacial score (nSPS) is 13.8. The Bertz CT molecular complexity index is 547. The van der Waals surface area contributed by atoms with E-state index in [4.69, 9.17) is 10.5 Å². The zero-order valence-electron chi connectivity index (χ0n) is 11.3. The number of phenols is 1. The van der Waals surface area contributed by atoms with Crippen molar-refractivity contribution in [1.29, 1.82) is 0 Å². The molecule has 0 aromatic heterocycles. The van der Waals surface area contributed by atoms with Gasteiger partial charge >= 0.3 is 0 Å². The molecule has 19 heavy (non-hydrogen) atoms. The van der Waals surface area contributed by atoms with E-state index in [2.05, 4.69) is 0 Å². The van der Waals surface area contributed by atoms with Crippen molar-refractivity contribution in [1.82, 2.24) is 0 Å². The number of aromatic hydroxyl groups is 1. The maximum absolute atomic E-state index is 9.49. The van der Waals surface area contributed by atoms with Crippen LogP contribution in [0.3, 0.4) is 0 Å². The van der Waals surface area contributed by atoms with Gasteiger partial charge in [-0.25, -0.2) is 0 Å². The van der Waals surface area contributed by atoms with Gasteiger partial charge in [-0.1, -0.05) is 24.3 Å². The average molecular weight is 257 g/mol. The molecule has 1 atom stereocenters. The molecule has 3 nitrogen and oxygen atoms in total. The van der Waals surface area contributed by atoms with Crippen LogP contribution in [0.2, 0.25) is 0 Å². The van der Waals surface area contributed by atoms with Gasteiger partial charge in [-0.15, -0.1) is 0 Å². The Labute approximate surface area is 113 Å². The van der Waals surface area contributed by atoms with E-state index in [1.807, 2.05) is 43.3 Å². The molecule has 0 aliphatic heterocycles. The Balaban J connectivity index is 2.21. The topological polar surface area (TPSA) is 55.5 Å². The molecule has 0 spiro atoms. The van der Waals surface area contributed by atoms with Crippen LogP contribution in [0.25, 0.3) is 0 Å². The highest BCUT2D eigenvalue weighted by atomic mass is 16.5. The Kier molecular flexibility index (Phi) is 3.76. The Morgan fingerprint density at radius 2 is 1.84 bits per heavy atom. The maximum atomic E-state index is 9.49. The molecule has 0 aliphatic carbocycles. The largest absolute Gasteiger partial charge is 0.508 e. The van der Waals surface area contributed by atoms with Crippen LogP contribution in [-0.4, -0.2) is 12.2 Å². The van der Waals surface area contributed by atoms with Crippen molar-refractivity contribution in [2.45, 2.75) is 18.9 Å². The van der Waals surface area contributed by atoms with E-state index in [-0.39, 0.29) is 5.75 Å². The molecule has 0 saturated heterocycles. The maximum Gasteiger partial charge on any atom is 0.118 e. The average Bonchev–Trinajstić information content (AvgIpc) is 2.38. The van der Waals surface area contributed by atoms with Crippen molar-refractivity contribution in [3.63, 3.8) is 0 Å². The van der Waals surface area contributed by atoms with Gasteiger partial charge in [0.25, 0.3) is 0 Å². The van der Waals surface area contributed by atoms with E-state index in [0.717, 1.165) is 16.9 Å². The smallest absolute Gasteiger partial charge is 0.118 e. The number of phenolic OH excluding ortho intramolecular Hbond substituents is 1. The predicted molar refractivity (Wildman–Crippen MR) is 76.3 cm³/mol. The van der Waals surface area contributed by atoms with Gasteiger partial charge in [0.15, 0.2) is 0 Å². The van der Waals surface area contributed by atoms with Crippen LogP contribution in [0.5, 0.6) is 11.5 Å². The quantitative estimate of drug-likeness (QED) is 0.885. The van der Waals surface area contributed by atoms with Crippen molar-refractivity contribution in [3.05, 3.63) is 59.7 Å². The number of benzene rings is 2. The first-order valence-electron chi connectivity index (χ1n) is 6.22. The second kappa shape index (κ2) is 5.33. The zero-order chi connectivity index (χ0) is 13.9. The standard InChI is InChI=1S/C16H19NO2/c1-16(17,11-12-4-3-5-14(18)10-12)13-6-8-15(19-2)9-7-13/h3-10,18H,11,17H2,1-2H3. The third kappa shape index (κ3) is 3.26. The SMILES string of the molecule is COc1ccc(C(C)(N)Cc2cccc(O)c2)cc1. The molecule has 2 rings (SSSR count).